The Bertz CT molecular complexity index is 683. The topological polar surface area (TPSA) is 61.9 Å². The van der Waals surface area contributed by atoms with Crippen LogP contribution in [-0.4, -0.2) is 39.0 Å². The maximum absolute atomic E-state index is 11.5. The molecule has 0 bridgehead atoms. The number of Topliss-reactive ketones (excluding diaryl/α,β-unsaturated/α-hetero) is 1. The molecule has 0 saturated carbocycles. The summed E-state index contributed by atoms with van der Waals surface area (Å²) < 4.78 is 0. The van der Waals surface area contributed by atoms with Crippen LogP contribution in [0.5, 0.6) is 0 Å². The Morgan fingerprint density at radius 2 is 2.09 bits per heavy atom. The van der Waals surface area contributed by atoms with Gasteiger partial charge in [0, 0.05) is 31.4 Å². The van der Waals surface area contributed by atoms with E-state index < -0.39 is 0 Å². The molecule has 1 aliphatic rings. The van der Waals surface area contributed by atoms with Crippen molar-refractivity contribution in [3.63, 3.8) is 0 Å². The molecule has 114 valence electrons. The number of aromatic nitrogens is 3. The minimum Gasteiger partial charge on any atom is -0.299 e. The van der Waals surface area contributed by atoms with Gasteiger partial charge in [-0.15, -0.1) is 0 Å². The zero-order chi connectivity index (χ0) is 15.4. The van der Waals surface area contributed by atoms with Crippen molar-refractivity contribution in [1.29, 1.82) is 0 Å². The van der Waals surface area contributed by atoms with E-state index in [2.05, 4.69) is 26.1 Å². The van der Waals surface area contributed by atoms with Gasteiger partial charge in [0.1, 0.15) is 5.69 Å². The smallest absolute Gasteiger partial charge is 0.178 e. The SMILES string of the molecule is CC(=O)c1[nH]ncc1/C=C/c1cncc(CN2CCCC2)c1. The minimum absolute atomic E-state index is 0.0157. The van der Waals surface area contributed by atoms with Crippen molar-refractivity contribution in [2.45, 2.75) is 26.3 Å². The largest absolute Gasteiger partial charge is 0.299 e. The van der Waals surface area contributed by atoms with Crippen molar-refractivity contribution >= 4 is 17.9 Å². The normalized spacial score (nSPS) is 15.7. The molecule has 3 rings (SSSR count). The van der Waals surface area contributed by atoms with Crippen LogP contribution in [0.2, 0.25) is 0 Å². The van der Waals surface area contributed by atoms with Crippen molar-refractivity contribution in [3.05, 3.63) is 47.0 Å². The average molecular weight is 296 g/mol. The third-order valence-corrected chi connectivity index (χ3v) is 3.90. The van der Waals surface area contributed by atoms with E-state index in [-0.39, 0.29) is 5.78 Å². The van der Waals surface area contributed by atoms with Gasteiger partial charge in [-0.2, -0.15) is 5.10 Å². The summed E-state index contributed by atoms with van der Waals surface area (Å²) in [6, 6.07) is 2.15. The fourth-order valence-corrected chi connectivity index (χ4v) is 2.77. The molecular weight excluding hydrogens is 276 g/mol. The summed E-state index contributed by atoms with van der Waals surface area (Å²) in [6.45, 7) is 4.84. The van der Waals surface area contributed by atoms with Crippen LogP contribution in [0.3, 0.4) is 0 Å². The molecule has 0 radical (unpaired) electrons. The first kappa shape index (κ1) is 14.7. The van der Waals surface area contributed by atoms with Crippen LogP contribution in [0.15, 0.2) is 24.7 Å². The molecule has 0 atom stereocenters. The summed E-state index contributed by atoms with van der Waals surface area (Å²) in [4.78, 5) is 18.2. The Labute approximate surface area is 130 Å². The standard InChI is InChI=1S/C17H20N4O/c1-13(22)17-16(11-19-20-17)5-4-14-8-15(10-18-9-14)12-21-6-2-3-7-21/h4-5,8-11H,2-3,6-7,12H2,1H3,(H,19,20)/b5-4+. The lowest BCUT2D eigenvalue weighted by atomic mass is 10.1. The van der Waals surface area contributed by atoms with Crippen molar-refractivity contribution in [2.75, 3.05) is 13.1 Å². The fourth-order valence-electron chi connectivity index (χ4n) is 2.77. The molecule has 0 amide bonds. The van der Waals surface area contributed by atoms with E-state index in [0.717, 1.165) is 17.7 Å². The number of nitrogens with one attached hydrogen (secondary N) is 1. The van der Waals surface area contributed by atoms with Gasteiger partial charge >= 0.3 is 0 Å². The van der Waals surface area contributed by atoms with Gasteiger partial charge in [-0.3, -0.25) is 19.8 Å². The molecule has 0 aliphatic carbocycles. The number of H-pyrrole nitrogens is 1. The first-order valence-electron chi connectivity index (χ1n) is 7.61. The Hall–Kier alpha value is -2.27. The summed E-state index contributed by atoms with van der Waals surface area (Å²) in [6.07, 6.45) is 11.9. The Kier molecular flexibility index (Phi) is 4.44. The van der Waals surface area contributed by atoms with Gasteiger partial charge in [-0.25, -0.2) is 0 Å². The van der Waals surface area contributed by atoms with Crippen molar-refractivity contribution < 1.29 is 4.79 Å². The number of rotatable bonds is 5. The van der Waals surface area contributed by atoms with Gasteiger partial charge in [-0.05, 0) is 43.1 Å². The first-order valence-corrected chi connectivity index (χ1v) is 7.61. The number of nitrogens with zero attached hydrogens (tertiary/aromatic N) is 3. The van der Waals surface area contributed by atoms with Crippen molar-refractivity contribution in [2.24, 2.45) is 0 Å². The van der Waals surface area contributed by atoms with E-state index in [1.54, 1.807) is 6.20 Å². The molecule has 1 saturated heterocycles. The summed E-state index contributed by atoms with van der Waals surface area (Å²) in [7, 11) is 0. The Morgan fingerprint density at radius 3 is 2.86 bits per heavy atom. The quantitative estimate of drug-likeness (QED) is 0.862. The van der Waals surface area contributed by atoms with E-state index >= 15 is 0 Å². The highest BCUT2D eigenvalue weighted by Gasteiger charge is 2.12. The van der Waals surface area contributed by atoms with Crippen molar-refractivity contribution in [1.82, 2.24) is 20.1 Å². The zero-order valence-corrected chi connectivity index (χ0v) is 12.7. The molecule has 5 heteroatoms. The first-order chi connectivity index (χ1) is 10.7. The molecule has 2 aromatic rings. The zero-order valence-electron chi connectivity index (χ0n) is 12.7. The number of carbonyl (C=O) groups is 1. The lowest BCUT2D eigenvalue weighted by Crippen LogP contribution is -2.18. The van der Waals surface area contributed by atoms with E-state index in [1.165, 1.54) is 38.4 Å². The predicted octanol–water partition coefficient (Wildman–Crippen LogP) is 2.77. The molecule has 2 aromatic heterocycles. The number of ketones is 1. The van der Waals surface area contributed by atoms with E-state index in [4.69, 9.17) is 0 Å². The van der Waals surface area contributed by atoms with Gasteiger partial charge in [0.15, 0.2) is 5.78 Å². The van der Waals surface area contributed by atoms with Crippen LogP contribution in [0, 0.1) is 0 Å². The number of aromatic amines is 1. The second kappa shape index (κ2) is 6.66. The summed E-state index contributed by atoms with van der Waals surface area (Å²) >= 11 is 0. The van der Waals surface area contributed by atoms with Gasteiger partial charge in [0.25, 0.3) is 0 Å². The Morgan fingerprint density at radius 1 is 1.27 bits per heavy atom. The molecule has 0 unspecified atom stereocenters. The highest BCUT2D eigenvalue weighted by atomic mass is 16.1. The number of pyridine rings is 1. The maximum atomic E-state index is 11.5. The molecule has 0 aromatic carbocycles. The second-order valence-electron chi connectivity index (χ2n) is 5.70. The number of hydrogen-bond donors (Lipinski definition) is 1. The summed E-state index contributed by atoms with van der Waals surface area (Å²) in [5, 5.41) is 6.65. The van der Waals surface area contributed by atoms with Crippen LogP contribution in [0.4, 0.5) is 0 Å². The van der Waals surface area contributed by atoms with Crippen LogP contribution in [-0.2, 0) is 6.54 Å². The van der Waals surface area contributed by atoms with Crippen LogP contribution in [0.25, 0.3) is 12.2 Å². The molecule has 0 spiro atoms. The van der Waals surface area contributed by atoms with Gasteiger partial charge in [0.2, 0.25) is 0 Å². The molecular formula is C17H20N4O. The third kappa shape index (κ3) is 3.49. The molecule has 3 heterocycles. The summed E-state index contributed by atoms with van der Waals surface area (Å²) in [5.74, 6) is -0.0157. The average Bonchev–Trinajstić information content (AvgIpc) is 3.16. The lowest BCUT2D eigenvalue weighted by molar-refractivity contribution is 0.101. The van der Waals surface area contributed by atoms with Crippen LogP contribution >= 0.6 is 0 Å². The number of carbonyl (C=O) groups excluding carboxylic acids is 1. The molecule has 5 nitrogen and oxygen atoms in total. The number of likely N-dealkylation sites (tertiary alicyclic amines) is 1. The van der Waals surface area contributed by atoms with Crippen LogP contribution < -0.4 is 0 Å². The maximum Gasteiger partial charge on any atom is 0.178 e. The highest BCUT2D eigenvalue weighted by molar-refractivity contribution is 5.96. The monoisotopic (exact) mass is 296 g/mol. The van der Waals surface area contributed by atoms with E-state index in [0.29, 0.717) is 5.69 Å². The predicted molar refractivity (Wildman–Crippen MR) is 86.3 cm³/mol. The van der Waals surface area contributed by atoms with E-state index in [1.807, 2.05) is 24.5 Å². The molecule has 1 aliphatic heterocycles. The van der Waals surface area contributed by atoms with Crippen molar-refractivity contribution in [3.8, 4) is 0 Å². The highest BCUT2D eigenvalue weighted by Crippen LogP contribution is 2.15. The Balaban J connectivity index is 1.73. The lowest BCUT2D eigenvalue weighted by Gasteiger charge is -2.14. The second-order valence-corrected chi connectivity index (χ2v) is 5.70. The molecule has 22 heavy (non-hydrogen) atoms. The molecule has 1 N–H and O–H groups in total. The van der Waals surface area contributed by atoms with Gasteiger partial charge in [-0.1, -0.05) is 12.2 Å². The van der Waals surface area contributed by atoms with Gasteiger partial charge in [0.05, 0.1) is 6.20 Å². The third-order valence-electron chi connectivity index (χ3n) is 3.90. The number of hydrogen-bond acceptors (Lipinski definition) is 4. The van der Waals surface area contributed by atoms with E-state index in [9.17, 15) is 4.79 Å². The summed E-state index contributed by atoms with van der Waals surface area (Å²) in [5.41, 5.74) is 3.60. The van der Waals surface area contributed by atoms with Gasteiger partial charge < -0.3 is 0 Å². The molecule has 1 fully saturated rings. The minimum atomic E-state index is -0.0157. The fraction of sp³-hybridized carbons (Fsp3) is 0.353. The van der Waals surface area contributed by atoms with Crippen LogP contribution in [0.1, 0.15) is 46.9 Å².